The lowest BCUT2D eigenvalue weighted by molar-refractivity contribution is -0.134. The molecule has 0 radical (unpaired) electrons. The molecule has 2 aliphatic heterocycles. The Morgan fingerprint density at radius 1 is 1.04 bits per heavy atom. The first-order chi connectivity index (χ1) is 12.6. The van der Waals surface area contributed by atoms with Gasteiger partial charge in [-0.25, -0.2) is 0 Å². The molecule has 0 spiro atoms. The van der Waals surface area contributed by atoms with Crippen molar-refractivity contribution in [1.82, 2.24) is 20.0 Å². The lowest BCUT2D eigenvalue weighted by atomic mass is 10.1. The van der Waals surface area contributed by atoms with Gasteiger partial charge >= 0.3 is 0 Å². The van der Waals surface area contributed by atoms with Crippen LogP contribution in [0.5, 0.6) is 0 Å². The van der Waals surface area contributed by atoms with Gasteiger partial charge in [0.25, 0.3) is 0 Å². The molecule has 1 atom stereocenters. The van der Waals surface area contributed by atoms with Gasteiger partial charge in [0.1, 0.15) is 0 Å². The summed E-state index contributed by atoms with van der Waals surface area (Å²) in [5, 5.41) is 5.10. The lowest BCUT2D eigenvalue weighted by Gasteiger charge is -2.35. The maximum atomic E-state index is 12.4. The molecular formula is C19H30N4O2S. The topological polar surface area (TPSA) is 55.9 Å². The van der Waals surface area contributed by atoms with Crippen LogP contribution >= 0.6 is 11.3 Å². The Hall–Kier alpha value is -1.44. The third kappa shape index (κ3) is 5.53. The molecule has 7 heteroatoms. The molecule has 144 valence electrons. The van der Waals surface area contributed by atoms with Gasteiger partial charge in [-0.05, 0) is 37.6 Å². The van der Waals surface area contributed by atoms with Gasteiger partial charge < -0.3 is 10.2 Å². The van der Waals surface area contributed by atoms with Crippen LogP contribution in [0.25, 0.3) is 0 Å². The molecule has 26 heavy (non-hydrogen) atoms. The predicted molar refractivity (Wildman–Crippen MR) is 104 cm³/mol. The van der Waals surface area contributed by atoms with Crippen molar-refractivity contribution in [3.8, 4) is 0 Å². The number of amides is 2. The van der Waals surface area contributed by atoms with Gasteiger partial charge in [0, 0.05) is 44.1 Å². The molecule has 0 aliphatic carbocycles. The van der Waals surface area contributed by atoms with Gasteiger partial charge in [0.2, 0.25) is 11.8 Å². The van der Waals surface area contributed by atoms with Gasteiger partial charge in [-0.1, -0.05) is 6.07 Å². The van der Waals surface area contributed by atoms with E-state index >= 15 is 0 Å². The largest absolute Gasteiger partial charge is 0.348 e. The zero-order valence-electron chi connectivity index (χ0n) is 15.7. The van der Waals surface area contributed by atoms with E-state index in [1.807, 2.05) is 29.3 Å². The second-order valence-corrected chi connectivity index (χ2v) is 8.28. The van der Waals surface area contributed by atoms with Crippen LogP contribution < -0.4 is 5.32 Å². The van der Waals surface area contributed by atoms with Crippen molar-refractivity contribution in [1.29, 1.82) is 0 Å². The van der Waals surface area contributed by atoms with Gasteiger partial charge in [-0.2, -0.15) is 0 Å². The molecular weight excluding hydrogens is 348 g/mol. The maximum Gasteiger partial charge on any atom is 0.236 e. The van der Waals surface area contributed by atoms with Gasteiger partial charge in [-0.15, -0.1) is 11.3 Å². The van der Waals surface area contributed by atoms with Crippen molar-refractivity contribution in [3.05, 3.63) is 22.4 Å². The molecule has 1 N–H and O–H groups in total. The summed E-state index contributed by atoms with van der Waals surface area (Å²) in [6.45, 7) is 8.21. The molecule has 6 nitrogen and oxygen atoms in total. The Labute approximate surface area is 160 Å². The van der Waals surface area contributed by atoms with Crippen molar-refractivity contribution in [2.24, 2.45) is 0 Å². The Morgan fingerprint density at radius 2 is 1.69 bits per heavy atom. The molecule has 1 aromatic rings. The highest BCUT2D eigenvalue weighted by atomic mass is 32.1. The van der Waals surface area contributed by atoms with Crippen molar-refractivity contribution < 1.29 is 9.59 Å². The predicted octanol–water partition coefficient (Wildman–Crippen LogP) is 1.56. The van der Waals surface area contributed by atoms with Crippen LogP contribution in [0.15, 0.2) is 17.5 Å². The molecule has 2 amide bonds. The van der Waals surface area contributed by atoms with Crippen LogP contribution in [0.2, 0.25) is 0 Å². The Morgan fingerprint density at radius 3 is 2.31 bits per heavy atom. The van der Waals surface area contributed by atoms with E-state index in [1.54, 1.807) is 11.3 Å². The van der Waals surface area contributed by atoms with Crippen molar-refractivity contribution in [2.75, 3.05) is 52.4 Å². The number of hydrogen-bond acceptors (Lipinski definition) is 5. The van der Waals surface area contributed by atoms with Crippen LogP contribution in [0.3, 0.4) is 0 Å². The summed E-state index contributed by atoms with van der Waals surface area (Å²) in [7, 11) is 0. The smallest absolute Gasteiger partial charge is 0.236 e. The quantitative estimate of drug-likeness (QED) is 0.816. The number of nitrogens with zero attached hydrogens (tertiary/aromatic N) is 3. The summed E-state index contributed by atoms with van der Waals surface area (Å²) >= 11 is 1.67. The number of thiophene rings is 1. The number of piperidine rings is 1. The first-order valence-electron chi connectivity index (χ1n) is 9.67. The minimum absolute atomic E-state index is 0.0611. The zero-order chi connectivity index (χ0) is 18.4. The zero-order valence-corrected chi connectivity index (χ0v) is 16.5. The van der Waals surface area contributed by atoms with Gasteiger partial charge in [0.05, 0.1) is 19.1 Å². The first kappa shape index (κ1) is 19.3. The number of nitrogens with one attached hydrogen (secondary N) is 1. The highest BCUT2D eigenvalue weighted by Crippen LogP contribution is 2.18. The number of carbonyl (C=O) groups is 2. The Kier molecular flexibility index (Phi) is 7.05. The van der Waals surface area contributed by atoms with E-state index in [9.17, 15) is 9.59 Å². The third-order valence-electron chi connectivity index (χ3n) is 5.25. The number of hydrogen-bond donors (Lipinski definition) is 1. The lowest BCUT2D eigenvalue weighted by Crippen LogP contribution is -2.52. The summed E-state index contributed by atoms with van der Waals surface area (Å²) in [5.41, 5.74) is 0. The Bertz CT molecular complexity index is 578. The van der Waals surface area contributed by atoms with E-state index < -0.39 is 0 Å². The number of likely N-dealkylation sites (tertiary alicyclic amines) is 1. The van der Waals surface area contributed by atoms with Crippen LogP contribution in [0, 0.1) is 0 Å². The number of carbonyl (C=O) groups excluding carboxylic acids is 2. The van der Waals surface area contributed by atoms with Crippen LogP contribution in [0.1, 0.15) is 37.1 Å². The fraction of sp³-hybridized carbons (Fsp3) is 0.684. The maximum absolute atomic E-state index is 12.4. The van der Waals surface area contributed by atoms with Gasteiger partial charge in [-0.3, -0.25) is 19.4 Å². The van der Waals surface area contributed by atoms with Crippen molar-refractivity contribution in [2.45, 2.75) is 32.2 Å². The van der Waals surface area contributed by atoms with Crippen LogP contribution in [-0.2, 0) is 9.59 Å². The fourth-order valence-corrected chi connectivity index (χ4v) is 4.37. The average molecular weight is 379 g/mol. The summed E-state index contributed by atoms with van der Waals surface area (Å²) < 4.78 is 0. The van der Waals surface area contributed by atoms with Crippen molar-refractivity contribution in [3.63, 3.8) is 0 Å². The van der Waals surface area contributed by atoms with E-state index in [-0.39, 0.29) is 17.9 Å². The van der Waals surface area contributed by atoms with E-state index in [4.69, 9.17) is 0 Å². The fourth-order valence-electron chi connectivity index (χ4n) is 3.64. The molecule has 1 aromatic heterocycles. The summed E-state index contributed by atoms with van der Waals surface area (Å²) in [6.07, 6.45) is 3.52. The normalized spacial score (nSPS) is 20.7. The average Bonchev–Trinajstić information content (AvgIpc) is 3.19. The standard InChI is InChI=1S/C19H30N4O2S/c1-16(17-6-5-13-26-17)20-18(24)14-21-9-11-22(12-10-21)15-19(25)23-7-3-2-4-8-23/h5-6,13,16H,2-4,7-12,14-15H2,1H3,(H,20,24). The molecule has 0 aromatic carbocycles. The van der Waals surface area contributed by atoms with Crippen molar-refractivity contribution >= 4 is 23.2 Å². The molecule has 2 fully saturated rings. The molecule has 2 aliphatic rings. The number of piperazine rings is 1. The first-order valence-corrected chi connectivity index (χ1v) is 10.5. The Balaban J connectivity index is 1.35. The number of rotatable bonds is 6. The third-order valence-corrected chi connectivity index (χ3v) is 6.30. The highest BCUT2D eigenvalue weighted by molar-refractivity contribution is 7.10. The molecule has 3 rings (SSSR count). The van der Waals surface area contributed by atoms with Gasteiger partial charge in [0.15, 0.2) is 0 Å². The molecule has 0 saturated carbocycles. The van der Waals surface area contributed by atoms with Crippen LogP contribution in [0.4, 0.5) is 0 Å². The second-order valence-electron chi connectivity index (χ2n) is 7.30. The van der Waals surface area contributed by atoms with Crippen LogP contribution in [-0.4, -0.2) is 78.9 Å². The molecule has 0 bridgehead atoms. The minimum Gasteiger partial charge on any atom is -0.348 e. The minimum atomic E-state index is 0.0611. The summed E-state index contributed by atoms with van der Waals surface area (Å²) in [5.74, 6) is 0.337. The summed E-state index contributed by atoms with van der Waals surface area (Å²) in [6, 6.07) is 4.12. The van der Waals surface area contributed by atoms with E-state index in [0.717, 1.165) is 52.1 Å². The molecule has 1 unspecified atom stereocenters. The molecule has 2 saturated heterocycles. The molecule has 3 heterocycles. The summed E-state index contributed by atoms with van der Waals surface area (Å²) in [4.78, 5) is 32.2. The SMILES string of the molecule is CC(NC(=O)CN1CCN(CC(=O)N2CCCCC2)CC1)c1cccs1. The van der Waals surface area contributed by atoms with E-state index in [0.29, 0.717) is 13.1 Å². The second kappa shape index (κ2) is 9.48. The van der Waals surface area contributed by atoms with E-state index in [2.05, 4.69) is 15.1 Å². The van der Waals surface area contributed by atoms with E-state index in [1.165, 1.54) is 11.3 Å². The monoisotopic (exact) mass is 378 g/mol. The highest BCUT2D eigenvalue weighted by Gasteiger charge is 2.24.